The van der Waals surface area contributed by atoms with Gasteiger partial charge in [-0.2, -0.15) is 0 Å². The summed E-state index contributed by atoms with van der Waals surface area (Å²) in [6.07, 6.45) is 5.17. The van der Waals surface area contributed by atoms with Crippen molar-refractivity contribution >= 4 is 34.9 Å². The summed E-state index contributed by atoms with van der Waals surface area (Å²) in [5, 5.41) is 16.3. The molecule has 1 unspecified atom stereocenters. The fourth-order valence-electron chi connectivity index (χ4n) is 2.63. The Kier molecular flexibility index (Phi) is 6.15. The minimum absolute atomic E-state index is 0.262. The number of amides is 2. The second-order valence-corrected chi connectivity index (χ2v) is 6.24. The van der Waals surface area contributed by atoms with E-state index in [0.717, 1.165) is 25.7 Å². The van der Waals surface area contributed by atoms with Crippen molar-refractivity contribution in [3.63, 3.8) is 0 Å². The van der Waals surface area contributed by atoms with E-state index in [-0.39, 0.29) is 12.6 Å². The monoisotopic (exact) mass is 330 g/mol. The molecule has 3 N–H and O–H groups in total. The molecule has 1 saturated carbocycles. The number of aliphatic hydroxyl groups is 1. The van der Waals surface area contributed by atoms with Crippen LogP contribution in [-0.2, 0) is 0 Å². The third kappa shape index (κ3) is 5.06. The van der Waals surface area contributed by atoms with Crippen LogP contribution in [0.2, 0.25) is 10.0 Å². The topological polar surface area (TPSA) is 61.4 Å². The van der Waals surface area contributed by atoms with E-state index < -0.39 is 6.10 Å². The molecule has 4 nitrogen and oxygen atoms in total. The van der Waals surface area contributed by atoms with Crippen LogP contribution in [0, 0.1) is 5.92 Å². The van der Waals surface area contributed by atoms with Crippen LogP contribution in [0.15, 0.2) is 18.2 Å². The van der Waals surface area contributed by atoms with Crippen molar-refractivity contribution in [2.24, 2.45) is 5.92 Å². The zero-order chi connectivity index (χ0) is 15.2. The average molecular weight is 331 g/mol. The zero-order valence-electron chi connectivity index (χ0n) is 11.7. The highest BCUT2D eigenvalue weighted by molar-refractivity contribution is 6.42. The van der Waals surface area contributed by atoms with E-state index in [1.54, 1.807) is 18.2 Å². The van der Waals surface area contributed by atoms with E-state index in [9.17, 15) is 9.90 Å². The lowest BCUT2D eigenvalue weighted by Crippen LogP contribution is -2.39. The van der Waals surface area contributed by atoms with E-state index in [1.165, 1.54) is 6.42 Å². The molecule has 0 saturated heterocycles. The quantitative estimate of drug-likeness (QED) is 0.779. The number of benzene rings is 1. The van der Waals surface area contributed by atoms with Gasteiger partial charge in [0.25, 0.3) is 0 Å². The summed E-state index contributed by atoms with van der Waals surface area (Å²) >= 11 is 11.7. The van der Waals surface area contributed by atoms with Crippen molar-refractivity contribution in [2.45, 2.75) is 38.2 Å². The first kappa shape index (κ1) is 16.4. The number of carbonyl (C=O) groups is 1. The maximum absolute atomic E-state index is 11.8. The Hall–Kier alpha value is -0.970. The van der Waals surface area contributed by atoms with Crippen LogP contribution in [0.4, 0.5) is 10.5 Å². The molecule has 1 aliphatic rings. The van der Waals surface area contributed by atoms with E-state index in [2.05, 4.69) is 10.6 Å². The Bertz CT molecular complexity index is 491. The molecule has 0 spiro atoms. The summed E-state index contributed by atoms with van der Waals surface area (Å²) in [5.74, 6) is 0.295. The SMILES string of the molecule is O=C(NCC(O)C1CCCCC1)Nc1ccc(Cl)c(Cl)c1. The fraction of sp³-hybridized carbons (Fsp3) is 0.533. The lowest BCUT2D eigenvalue weighted by molar-refractivity contribution is 0.0863. The summed E-state index contributed by atoms with van der Waals surface area (Å²) in [5.41, 5.74) is 0.564. The van der Waals surface area contributed by atoms with Gasteiger partial charge in [0.2, 0.25) is 0 Å². The van der Waals surface area contributed by atoms with Crippen molar-refractivity contribution in [1.29, 1.82) is 0 Å². The van der Waals surface area contributed by atoms with Crippen molar-refractivity contribution in [3.8, 4) is 0 Å². The normalized spacial score (nSPS) is 17.3. The number of aliphatic hydroxyl groups excluding tert-OH is 1. The number of rotatable bonds is 4. The van der Waals surface area contributed by atoms with Gasteiger partial charge in [0, 0.05) is 12.2 Å². The number of hydrogen-bond donors (Lipinski definition) is 3. The molecule has 21 heavy (non-hydrogen) atoms. The van der Waals surface area contributed by atoms with E-state index in [4.69, 9.17) is 23.2 Å². The predicted octanol–water partition coefficient (Wildman–Crippen LogP) is 4.06. The molecular formula is C15H20Cl2N2O2. The molecule has 1 aliphatic carbocycles. The van der Waals surface area contributed by atoms with E-state index in [0.29, 0.717) is 21.7 Å². The maximum Gasteiger partial charge on any atom is 0.319 e. The van der Waals surface area contributed by atoms with Crippen LogP contribution in [0.25, 0.3) is 0 Å². The van der Waals surface area contributed by atoms with Crippen LogP contribution < -0.4 is 10.6 Å². The molecule has 1 atom stereocenters. The fourth-order valence-corrected chi connectivity index (χ4v) is 2.93. The number of nitrogens with one attached hydrogen (secondary N) is 2. The van der Waals surface area contributed by atoms with Crippen LogP contribution in [0.3, 0.4) is 0 Å². The highest BCUT2D eigenvalue weighted by Crippen LogP contribution is 2.26. The van der Waals surface area contributed by atoms with Gasteiger partial charge in [0.05, 0.1) is 16.1 Å². The molecule has 2 rings (SSSR count). The lowest BCUT2D eigenvalue weighted by Gasteiger charge is -2.26. The van der Waals surface area contributed by atoms with E-state index >= 15 is 0 Å². The van der Waals surface area contributed by atoms with Gasteiger partial charge in [-0.25, -0.2) is 4.79 Å². The molecule has 116 valence electrons. The summed E-state index contributed by atoms with van der Waals surface area (Å²) < 4.78 is 0. The highest BCUT2D eigenvalue weighted by atomic mass is 35.5. The van der Waals surface area contributed by atoms with Crippen molar-refractivity contribution in [3.05, 3.63) is 28.2 Å². The third-order valence-corrected chi connectivity index (χ3v) is 4.58. The molecule has 0 bridgehead atoms. The molecule has 2 amide bonds. The number of halogens is 2. The van der Waals surface area contributed by atoms with Crippen LogP contribution in [0.5, 0.6) is 0 Å². The highest BCUT2D eigenvalue weighted by Gasteiger charge is 2.21. The number of hydrogen-bond acceptors (Lipinski definition) is 2. The lowest BCUT2D eigenvalue weighted by atomic mass is 9.85. The zero-order valence-corrected chi connectivity index (χ0v) is 13.3. The molecule has 1 aromatic rings. The van der Waals surface area contributed by atoms with Gasteiger partial charge in [0.15, 0.2) is 0 Å². The minimum atomic E-state index is -0.482. The summed E-state index contributed by atoms with van der Waals surface area (Å²) in [6.45, 7) is 0.262. The number of anilines is 1. The first-order chi connectivity index (χ1) is 10.1. The minimum Gasteiger partial charge on any atom is -0.391 e. The molecular weight excluding hydrogens is 311 g/mol. The Labute approximate surface area is 134 Å². The maximum atomic E-state index is 11.8. The Morgan fingerprint density at radius 2 is 1.95 bits per heavy atom. The van der Waals surface area contributed by atoms with E-state index in [1.807, 2.05) is 0 Å². The summed E-state index contributed by atoms with van der Waals surface area (Å²) in [7, 11) is 0. The third-order valence-electron chi connectivity index (χ3n) is 3.84. The Balaban J connectivity index is 1.77. The van der Waals surface area contributed by atoms with Gasteiger partial charge < -0.3 is 15.7 Å². The molecule has 1 aromatic carbocycles. The van der Waals surface area contributed by atoms with Crippen molar-refractivity contribution in [1.82, 2.24) is 5.32 Å². The molecule has 6 heteroatoms. The van der Waals surface area contributed by atoms with Gasteiger partial charge in [-0.05, 0) is 37.0 Å². The molecule has 0 heterocycles. The van der Waals surface area contributed by atoms with Gasteiger partial charge in [-0.3, -0.25) is 0 Å². The second-order valence-electron chi connectivity index (χ2n) is 5.43. The van der Waals surface area contributed by atoms with Crippen LogP contribution >= 0.6 is 23.2 Å². The summed E-state index contributed by atoms with van der Waals surface area (Å²) in [4.78, 5) is 11.8. The molecule has 0 radical (unpaired) electrons. The first-order valence-corrected chi connectivity index (χ1v) is 8.00. The largest absolute Gasteiger partial charge is 0.391 e. The smallest absolute Gasteiger partial charge is 0.319 e. The van der Waals surface area contributed by atoms with Crippen LogP contribution in [0.1, 0.15) is 32.1 Å². The predicted molar refractivity (Wildman–Crippen MR) is 86.1 cm³/mol. The number of urea groups is 1. The number of carbonyl (C=O) groups excluding carboxylic acids is 1. The summed E-state index contributed by atoms with van der Waals surface area (Å²) in [6, 6.07) is 4.52. The Morgan fingerprint density at radius 1 is 1.24 bits per heavy atom. The van der Waals surface area contributed by atoms with Gasteiger partial charge in [-0.1, -0.05) is 42.5 Å². The molecule has 0 aromatic heterocycles. The van der Waals surface area contributed by atoms with Crippen molar-refractivity contribution < 1.29 is 9.90 Å². The molecule has 1 fully saturated rings. The standard InChI is InChI=1S/C15H20Cl2N2O2/c16-12-7-6-11(8-13(12)17)19-15(21)18-9-14(20)10-4-2-1-3-5-10/h6-8,10,14,20H,1-5,9H2,(H2,18,19,21). The van der Waals surface area contributed by atoms with Crippen LogP contribution in [-0.4, -0.2) is 23.8 Å². The van der Waals surface area contributed by atoms with Gasteiger partial charge in [0.1, 0.15) is 0 Å². The first-order valence-electron chi connectivity index (χ1n) is 7.24. The van der Waals surface area contributed by atoms with Gasteiger partial charge in [-0.15, -0.1) is 0 Å². The van der Waals surface area contributed by atoms with Gasteiger partial charge >= 0.3 is 6.03 Å². The average Bonchev–Trinajstić information content (AvgIpc) is 2.49. The molecule has 0 aliphatic heterocycles. The second kappa shape index (κ2) is 7.87. The van der Waals surface area contributed by atoms with Crippen molar-refractivity contribution in [2.75, 3.05) is 11.9 Å². The Morgan fingerprint density at radius 3 is 2.62 bits per heavy atom.